The van der Waals surface area contributed by atoms with Crippen LogP contribution in [0.2, 0.25) is 0 Å². The molecule has 1 atom stereocenters. The molecule has 1 aromatic rings. The third-order valence-electron chi connectivity index (χ3n) is 2.95. The molecule has 2 N–H and O–H groups in total. The van der Waals surface area contributed by atoms with Gasteiger partial charge < -0.3 is 5.73 Å². The molecule has 0 fully saturated rings. The van der Waals surface area contributed by atoms with Gasteiger partial charge >= 0.3 is 0 Å². The van der Waals surface area contributed by atoms with Crippen LogP contribution in [0.4, 0.5) is 0 Å². The van der Waals surface area contributed by atoms with Crippen molar-refractivity contribution in [1.82, 2.24) is 9.78 Å². The third-order valence-corrected chi connectivity index (χ3v) is 2.95. The summed E-state index contributed by atoms with van der Waals surface area (Å²) in [6.07, 6.45) is 3.14. The summed E-state index contributed by atoms with van der Waals surface area (Å²) in [6.45, 7) is 3.19. The van der Waals surface area contributed by atoms with Crippen molar-refractivity contribution in [3.05, 3.63) is 27.7 Å². The highest BCUT2D eigenvalue weighted by Crippen LogP contribution is 2.21. The van der Waals surface area contributed by atoms with E-state index in [2.05, 4.69) is 12.0 Å². The number of nitrogens with zero attached hydrogens (tertiary/aromatic N) is 2. The maximum Gasteiger partial charge on any atom is 0.267 e. The first-order valence-electron chi connectivity index (χ1n) is 5.50. The van der Waals surface area contributed by atoms with Gasteiger partial charge in [0.2, 0.25) is 0 Å². The predicted molar refractivity (Wildman–Crippen MR) is 58.7 cm³/mol. The Hall–Kier alpha value is -1.16. The Kier molecular flexibility index (Phi) is 2.86. The summed E-state index contributed by atoms with van der Waals surface area (Å²) in [6, 6.07) is 1.73. The van der Waals surface area contributed by atoms with Crippen molar-refractivity contribution in [3.63, 3.8) is 0 Å². The van der Waals surface area contributed by atoms with Crippen molar-refractivity contribution < 1.29 is 0 Å². The molecule has 0 unspecified atom stereocenters. The summed E-state index contributed by atoms with van der Waals surface area (Å²) >= 11 is 0. The normalized spacial score (nSPS) is 20.0. The maximum atomic E-state index is 11.6. The molecule has 1 heterocycles. The minimum atomic E-state index is -0.0201. The summed E-state index contributed by atoms with van der Waals surface area (Å²) in [5, 5.41) is 4.36. The molecule has 0 amide bonds. The zero-order valence-corrected chi connectivity index (χ0v) is 9.07. The van der Waals surface area contributed by atoms with Crippen LogP contribution in [0.25, 0.3) is 0 Å². The van der Waals surface area contributed by atoms with Gasteiger partial charge in [-0.25, -0.2) is 4.68 Å². The lowest BCUT2D eigenvalue weighted by Crippen LogP contribution is -2.29. The Balaban J connectivity index is 2.37. The lowest BCUT2D eigenvalue weighted by atomic mass is 9.88. The number of fused-ring (bicyclic) bond motifs is 1. The zero-order chi connectivity index (χ0) is 10.8. The number of aromatic nitrogens is 2. The van der Waals surface area contributed by atoms with Gasteiger partial charge in [-0.15, -0.1) is 0 Å². The van der Waals surface area contributed by atoms with Gasteiger partial charge in [0.25, 0.3) is 5.56 Å². The highest BCUT2D eigenvalue weighted by molar-refractivity contribution is 5.21. The smallest absolute Gasteiger partial charge is 0.267 e. The van der Waals surface area contributed by atoms with E-state index in [1.165, 1.54) is 11.1 Å². The fourth-order valence-electron chi connectivity index (χ4n) is 2.10. The van der Waals surface area contributed by atoms with E-state index in [-0.39, 0.29) is 5.56 Å². The van der Waals surface area contributed by atoms with E-state index in [0.717, 1.165) is 24.1 Å². The van der Waals surface area contributed by atoms with Crippen molar-refractivity contribution in [2.45, 2.75) is 32.7 Å². The lowest BCUT2D eigenvalue weighted by Gasteiger charge is -2.20. The van der Waals surface area contributed by atoms with E-state index in [1.807, 2.05) is 0 Å². The number of nitrogens with two attached hydrogens (primary N) is 1. The van der Waals surface area contributed by atoms with Gasteiger partial charge in [0.1, 0.15) is 0 Å². The Morgan fingerprint density at radius 2 is 2.47 bits per heavy atom. The van der Waals surface area contributed by atoms with E-state index >= 15 is 0 Å². The minimum absolute atomic E-state index is 0.0201. The van der Waals surface area contributed by atoms with Gasteiger partial charge in [0.05, 0.1) is 12.2 Å². The van der Waals surface area contributed by atoms with Crippen LogP contribution >= 0.6 is 0 Å². The summed E-state index contributed by atoms with van der Waals surface area (Å²) < 4.78 is 1.48. The van der Waals surface area contributed by atoms with Gasteiger partial charge in [-0.3, -0.25) is 4.79 Å². The largest absolute Gasteiger partial charge is 0.329 e. The number of hydrogen-bond donors (Lipinski definition) is 1. The maximum absolute atomic E-state index is 11.6. The van der Waals surface area contributed by atoms with E-state index in [9.17, 15) is 4.79 Å². The second kappa shape index (κ2) is 4.14. The zero-order valence-electron chi connectivity index (χ0n) is 9.07. The number of aryl methyl sites for hydroxylation is 1. The fraction of sp³-hybridized carbons (Fsp3) is 0.636. The summed E-state index contributed by atoms with van der Waals surface area (Å²) in [4.78, 5) is 11.6. The first-order valence-corrected chi connectivity index (χ1v) is 5.50. The quantitative estimate of drug-likeness (QED) is 0.760. The SMILES string of the molecule is C[C@@H]1CCc2nn(CCN)c(=O)cc2C1. The molecule has 0 aliphatic heterocycles. The van der Waals surface area contributed by atoms with Crippen molar-refractivity contribution in [2.75, 3.05) is 6.54 Å². The first-order chi connectivity index (χ1) is 7.20. The molecular formula is C11H17N3O. The Labute approximate surface area is 89.1 Å². The van der Waals surface area contributed by atoms with Crippen molar-refractivity contribution in [2.24, 2.45) is 11.7 Å². The van der Waals surface area contributed by atoms with Crippen LogP contribution in [0, 0.1) is 5.92 Å². The lowest BCUT2D eigenvalue weighted by molar-refractivity contribution is 0.470. The predicted octanol–water partition coefficient (Wildman–Crippen LogP) is 0.327. The number of hydrogen-bond acceptors (Lipinski definition) is 3. The monoisotopic (exact) mass is 207 g/mol. The molecule has 15 heavy (non-hydrogen) atoms. The average molecular weight is 207 g/mol. The third kappa shape index (κ3) is 2.09. The van der Waals surface area contributed by atoms with E-state index in [1.54, 1.807) is 6.07 Å². The molecule has 1 aliphatic carbocycles. The molecule has 1 aliphatic rings. The Morgan fingerprint density at radius 1 is 1.67 bits per heavy atom. The molecular weight excluding hydrogens is 190 g/mol. The van der Waals surface area contributed by atoms with Gasteiger partial charge in [-0.1, -0.05) is 6.92 Å². The molecule has 0 radical (unpaired) electrons. The standard InChI is InChI=1S/C11H17N3O/c1-8-2-3-10-9(6-8)7-11(15)14(13-10)5-4-12/h7-8H,2-6,12H2,1H3/t8-/m1/s1. The van der Waals surface area contributed by atoms with Crippen LogP contribution in [-0.2, 0) is 19.4 Å². The molecule has 0 spiro atoms. The molecule has 0 saturated heterocycles. The van der Waals surface area contributed by atoms with Crippen LogP contribution in [0.15, 0.2) is 10.9 Å². The molecule has 0 saturated carbocycles. The fourth-order valence-corrected chi connectivity index (χ4v) is 2.10. The highest BCUT2D eigenvalue weighted by atomic mass is 16.1. The average Bonchev–Trinajstić information content (AvgIpc) is 2.20. The first kappa shape index (κ1) is 10.4. The molecule has 4 nitrogen and oxygen atoms in total. The van der Waals surface area contributed by atoms with Crippen LogP contribution in [0.5, 0.6) is 0 Å². The summed E-state index contributed by atoms with van der Waals surface area (Å²) in [7, 11) is 0. The van der Waals surface area contributed by atoms with Crippen LogP contribution in [-0.4, -0.2) is 16.3 Å². The van der Waals surface area contributed by atoms with Gasteiger partial charge in [-0.2, -0.15) is 5.10 Å². The second-order valence-corrected chi connectivity index (χ2v) is 4.31. The molecule has 0 aromatic carbocycles. The van der Waals surface area contributed by atoms with Gasteiger partial charge in [-0.05, 0) is 30.7 Å². The van der Waals surface area contributed by atoms with E-state index < -0.39 is 0 Å². The highest BCUT2D eigenvalue weighted by Gasteiger charge is 2.17. The minimum Gasteiger partial charge on any atom is -0.329 e. The second-order valence-electron chi connectivity index (χ2n) is 4.31. The van der Waals surface area contributed by atoms with Crippen molar-refractivity contribution in [1.29, 1.82) is 0 Å². The van der Waals surface area contributed by atoms with Gasteiger partial charge in [0, 0.05) is 12.6 Å². The molecule has 0 bridgehead atoms. The molecule has 82 valence electrons. The van der Waals surface area contributed by atoms with Crippen molar-refractivity contribution in [3.8, 4) is 0 Å². The van der Waals surface area contributed by atoms with Crippen LogP contribution < -0.4 is 11.3 Å². The van der Waals surface area contributed by atoms with E-state index in [0.29, 0.717) is 19.0 Å². The van der Waals surface area contributed by atoms with Crippen molar-refractivity contribution >= 4 is 0 Å². The van der Waals surface area contributed by atoms with Gasteiger partial charge in [0.15, 0.2) is 0 Å². The molecule has 1 aromatic heterocycles. The Morgan fingerprint density at radius 3 is 3.20 bits per heavy atom. The van der Waals surface area contributed by atoms with Crippen LogP contribution in [0.3, 0.4) is 0 Å². The van der Waals surface area contributed by atoms with Crippen LogP contribution in [0.1, 0.15) is 24.6 Å². The summed E-state index contributed by atoms with van der Waals surface area (Å²) in [5.74, 6) is 0.670. The molecule has 2 rings (SSSR count). The Bertz CT molecular complexity index is 411. The number of rotatable bonds is 2. The topological polar surface area (TPSA) is 60.9 Å². The van der Waals surface area contributed by atoms with E-state index in [4.69, 9.17) is 5.73 Å². The summed E-state index contributed by atoms with van der Waals surface area (Å²) in [5.41, 5.74) is 7.62. The molecule has 4 heteroatoms.